The van der Waals surface area contributed by atoms with Gasteiger partial charge in [0.1, 0.15) is 6.04 Å². The van der Waals surface area contributed by atoms with Gasteiger partial charge in [0.05, 0.1) is 12.2 Å². The first kappa shape index (κ1) is 15.9. The predicted molar refractivity (Wildman–Crippen MR) is 69.0 cm³/mol. The highest BCUT2D eigenvalue weighted by atomic mass is 32.2. The van der Waals surface area contributed by atoms with Gasteiger partial charge >= 0.3 is 5.97 Å². The Kier molecular flexibility index (Phi) is 5.30. The van der Waals surface area contributed by atoms with Crippen LogP contribution in [-0.2, 0) is 19.6 Å². The molecule has 1 amide bonds. The van der Waals surface area contributed by atoms with Crippen molar-refractivity contribution in [2.45, 2.75) is 32.2 Å². The number of carbonyl (C=O) groups is 2. The van der Waals surface area contributed by atoms with Gasteiger partial charge in [-0.05, 0) is 12.8 Å². The van der Waals surface area contributed by atoms with Gasteiger partial charge in [-0.3, -0.25) is 9.59 Å². The zero-order valence-electron chi connectivity index (χ0n) is 11.1. The van der Waals surface area contributed by atoms with Gasteiger partial charge < -0.3 is 10.4 Å². The number of carbonyl (C=O) groups excluding carboxylic acids is 1. The zero-order valence-corrected chi connectivity index (χ0v) is 11.9. The van der Waals surface area contributed by atoms with Crippen LogP contribution in [0.25, 0.3) is 0 Å². The molecule has 8 heteroatoms. The van der Waals surface area contributed by atoms with Crippen LogP contribution in [0.3, 0.4) is 0 Å². The SMILES string of the molecule is C[C@H](CNC(=O)[C@@H]1CCCCN1S(C)(=O)=O)C(=O)O. The van der Waals surface area contributed by atoms with Crippen molar-refractivity contribution in [3.8, 4) is 0 Å². The van der Waals surface area contributed by atoms with Crippen LogP contribution in [0.4, 0.5) is 0 Å². The van der Waals surface area contributed by atoms with Crippen molar-refractivity contribution in [3.63, 3.8) is 0 Å². The third-order valence-electron chi connectivity index (χ3n) is 3.19. The van der Waals surface area contributed by atoms with E-state index in [0.717, 1.165) is 19.1 Å². The minimum Gasteiger partial charge on any atom is -0.481 e. The number of hydrogen-bond acceptors (Lipinski definition) is 4. The molecule has 1 aliphatic rings. The van der Waals surface area contributed by atoms with Gasteiger partial charge in [0.2, 0.25) is 15.9 Å². The lowest BCUT2D eigenvalue weighted by atomic mass is 10.0. The van der Waals surface area contributed by atoms with Gasteiger partial charge in [0.15, 0.2) is 0 Å². The number of carboxylic acids is 1. The van der Waals surface area contributed by atoms with Crippen LogP contribution >= 0.6 is 0 Å². The maximum absolute atomic E-state index is 12.0. The number of nitrogens with one attached hydrogen (secondary N) is 1. The molecule has 0 aromatic rings. The maximum atomic E-state index is 12.0. The second kappa shape index (κ2) is 6.33. The summed E-state index contributed by atoms with van der Waals surface area (Å²) < 4.78 is 24.4. The van der Waals surface area contributed by atoms with E-state index < -0.39 is 33.9 Å². The molecule has 0 aromatic carbocycles. The molecular formula is C11H20N2O5S. The molecule has 0 aromatic heterocycles. The monoisotopic (exact) mass is 292 g/mol. The average Bonchev–Trinajstić information content (AvgIpc) is 2.34. The molecule has 0 saturated carbocycles. The molecule has 0 spiro atoms. The van der Waals surface area contributed by atoms with Crippen LogP contribution < -0.4 is 5.32 Å². The molecule has 1 aliphatic heterocycles. The fraction of sp³-hybridized carbons (Fsp3) is 0.818. The molecule has 1 saturated heterocycles. The molecule has 110 valence electrons. The summed E-state index contributed by atoms with van der Waals surface area (Å²) in [5, 5.41) is 11.2. The summed E-state index contributed by atoms with van der Waals surface area (Å²) >= 11 is 0. The van der Waals surface area contributed by atoms with Crippen LogP contribution in [0.2, 0.25) is 0 Å². The third-order valence-corrected chi connectivity index (χ3v) is 4.48. The van der Waals surface area contributed by atoms with Crippen molar-refractivity contribution in [1.29, 1.82) is 0 Å². The number of amides is 1. The molecule has 0 aliphatic carbocycles. The Balaban J connectivity index is 2.65. The second-order valence-corrected chi connectivity index (χ2v) is 6.80. The lowest BCUT2D eigenvalue weighted by Gasteiger charge is -2.32. The molecule has 1 heterocycles. The van der Waals surface area contributed by atoms with Crippen LogP contribution in [0, 0.1) is 5.92 Å². The standard InChI is InChI=1S/C11H20N2O5S/c1-8(11(15)16)7-12-10(14)9-5-3-4-6-13(9)19(2,17)18/h8-9H,3-7H2,1-2H3,(H,12,14)(H,15,16)/t8-,9+/m1/s1. The lowest BCUT2D eigenvalue weighted by Crippen LogP contribution is -2.52. The van der Waals surface area contributed by atoms with Crippen molar-refractivity contribution in [2.75, 3.05) is 19.3 Å². The van der Waals surface area contributed by atoms with E-state index in [-0.39, 0.29) is 6.54 Å². The number of nitrogens with zero attached hydrogens (tertiary/aromatic N) is 1. The van der Waals surface area contributed by atoms with Crippen LogP contribution in [0.1, 0.15) is 26.2 Å². The van der Waals surface area contributed by atoms with Gasteiger partial charge in [-0.1, -0.05) is 13.3 Å². The molecule has 2 N–H and O–H groups in total. The molecular weight excluding hydrogens is 272 g/mol. The topological polar surface area (TPSA) is 104 Å². The number of carboxylic acid groups (broad SMARTS) is 1. The van der Waals surface area contributed by atoms with Gasteiger partial charge in [-0.2, -0.15) is 4.31 Å². The minimum atomic E-state index is -3.42. The fourth-order valence-electron chi connectivity index (χ4n) is 2.02. The largest absolute Gasteiger partial charge is 0.481 e. The highest BCUT2D eigenvalue weighted by Gasteiger charge is 2.34. The molecule has 7 nitrogen and oxygen atoms in total. The summed E-state index contributed by atoms with van der Waals surface area (Å²) in [6.07, 6.45) is 3.08. The molecule has 0 bridgehead atoms. The smallest absolute Gasteiger partial charge is 0.308 e. The Morgan fingerprint density at radius 2 is 2.05 bits per heavy atom. The average molecular weight is 292 g/mol. The number of sulfonamides is 1. The van der Waals surface area contributed by atoms with Gasteiger partial charge in [-0.15, -0.1) is 0 Å². The molecule has 1 rings (SSSR count). The first-order chi connectivity index (χ1) is 8.73. The highest BCUT2D eigenvalue weighted by molar-refractivity contribution is 7.88. The van der Waals surface area contributed by atoms with Crippen molar-refractivity contribution in [3.05, 3.63) is 0 Å². The van der Waals surface area contributed by atoms with E-state index in [1.165, 1.54) is 11.2 Å². The Labute approximate surface area is 113 Å². The van der Waals surface area contributed by atoms with Crippen LogP contribution in [-0.4, -0.2) is 55.1 Å². The van der Waals surface area contributed by atoms with Crippen LogP contribution in [0.15, 0.2) is 0 Å². The zero-order chi connectivity index (χ0) is 14.6. The molecule has 0 unspecified atom stereocenters. The van der Waals surface area contributed by atoms with E-state index in [1.807, 2.05) is 0 Å². The van der Waals surface area contributed by atoms with Crippen molar-refractivity contribution in [1.82, 2.24) is 9.62 Å². The first-order valence-corrected chi connectivity index (χ1v) is 8.05. The molecule has 2 atom stereocenters. The summed E-state index contributed by atoms with van der Waals surface area (Å²) in [4.78, 5) is 22.6. The lowest BCUT2D eigenvalue weighted by molar-refractivity contribution is -0.141. The van der Waals surface area contributed by atoms with E-state index in [9.17, 15) is 18.0 Å². The fourth-order valence-corrected chi connectivity index (χ4v) is 3.15. The number of aliphatic carboxylic acids is 1. The predicted octanol–water partition coefficient (Wildman–Crippen LogP) is -0.363. The number of rotatable bonds is 5. The number of hydrogen-bond donors (Lipinski definition) is 2. The Hall–Kier alpha value is -1.15. The van der Waals surface area contributed by atoms with Crippen molar-refractivity contribution >= 4 is 21.9 Å². The van der Waals surface area contributed by atoms with Gasteiger partial charge in [-0.25, -0.2) is 8.42 Å². The third kappa shape index (κ3) is 4.46. The van der Waals surface area contributed by atoms with E-state index >= 15 is 0 Å². The highest BCUT2D eigenvalue weighted by Crippen LogP contribution is 2.19. The molecule has 0 radical (unpaired) electrons. The minimum absolute atomic E-state index is 0.00225. The summed E-state index contributed by atoms with van der Waals surface area (Å²) in [6.45, 7) is 1.82. The molecule has 1 fully saturated rings. The maximum Gasteiger partial charge on any atom is 0.308 e. The molecule has 19 heavy (non-hydrogen) atoms. The van der Waals surface area contributed by atoms with E-state index in [4.69, 9.17) is 5.11 Å². The quantitative estimate of drug-likeness (QED) is 0.720. The Bertz CT molecular complexity index is 448. The van der Waals surface area contributed by atoms with E-state index in [1.54, 1.807) is 0 Å². The Morgan fingerprint density at radius 1 is 1.42 bits per heavy atom. The van der Waals surface area contributed by atoms with E-state index in [0.29, 0.717) is 13.0 Å². The number of piperidine rings is 1. The van der Waals surface area contributed by atoms with Gasteiger partial charge in [0, 0.05) is 13.1 Å². The first-order valence-electron chi connectivity index (χ1n) is 6.21. The summed E-state index contributed by atoms with van der Waals surface area (Å²) in [7, 11) is -3.42. The van der Waals surface area contributed by atoms with Crippen molar-refractivity contribution < 1.29 is 23.1 Å². The van der Waals surface area contributed by atoms with Crippen LogP contribution in [0.5, 0.6) is 0 Å². The van der Waals surface area contributed by atoms with Gasteiger partial charge in [0.25, 0.3) is 0 Å². The summed E-state index contributed by atoms with van der Waals surface area (Å²) in [5.41, 5.74) is 0. The second-order valence-electron chi connectivity index (χ2n) is 4.87. The van der Waals surface area contributed by atoms with E-state index in [2.05, 4.69) is 5.32 Å². The summed E-state index contributed by atoms with van der Waals surface area (Å²) in [5.74, 6) is -2.11. The Morgan fingerprint density at radius 3 is 2.58 bits per heavy atom. The normalized spacial score (nSPS) is 22.7. The summed E-state index contributed by atoms with van der Waals surface area (Å²) in [6, 6.07) is -0.718. The van der Waals surface area contributed by atoms with Crippen molar-refractivity contribution in [2.24, 2.45) is 5.92 Å².